The van der Waals surface area contributed by atoms with E-state index in [0.717, 1.165) is 27.2 Å². The first-order valence-electron chi connectivity index (χ1n) is 10.8. The molecular formula is C26H24FN3O3S. The molecule has 0 aliphatic rings. The van der Waals surface area contributed by atoms with E-state index in [9.17, 15) is 14.0 Å². The quantitative estimate of drug-likeness (QED) is 0.359. The van der Waals surface area contributed by atoms with Crippen LogP contribution in [0.5, 0.6) is 0 Å². The van der Waals surface area contributed by atoms with Crippen molar-refractivity contribution in [1.82, 2.24) is 4.57 Å². The maximum absolute atomic E-state index is 13.2. The molecule has 1 unspecified atom stereocenters. The van der Waals surface area contributed by atoms with Gasteiger partial charge in [0.1, 0.15) is 11.9 Å². The van der Waals surface area contributed by atoms with Gasteiger partial charge in [0, 0.05) is 16.9 Å². The van der Waals surface area contributed by atoms with Crippen LogP contribution in [-0.2, 0) is 9.53 Å². The van der Waals surface area contributed by atoms with Gasteiger partial charge in [-0.25, -0.2) is 9.18 Å². The number of fused-ring (bicyclic) bond motifs is 1. The number of halogens is 1. The summed E-state index contributed by atoms with van der Waals surface area (Å²) in [6, 6.07) is 18.3. The van der Waals surface area contributed by atoms with Crippen LogP contribution in [0.15, 0.2) is 71.7 Å². The molecule has 174 valence electrons. The SMILES string of the molecule is CCC(C(=O)OC)n1c(=NC(=O)c2ccc(C)cc2)sc2cc(Nc3ccc(F)cc3)ccc21. The van der Waals surface area contributed by atoms with E-state index in [1.807, 2.05) is 44.2 Å². The normalized spacial score (nSPS) is 12.5. The number of carbonyl (C=O) groups is 2. The van der Waals surface area contributed by atoms with Crippen molar-refractivity contribution in [1.29, 1.82) is 0 Å². The monoisotopic (exact) mass is 477 g/mol. The summed E-state index contributed by atoms with van der Waals surface area (Å²) in [5.74, 6) is -1.09. The minimum absolute atomic E-state index is 0.307. The number of nitrogens with zero attached hydrogens (tertiary/aromatic N) is 2. The number of aryl methyl sites for hydroxylation is 1. The molecule has 0 saturated heterocycles. The number of benzene rings is 3. The van der Waals surface area contributed by atoms with Gasteiger partial charge in [-0.2, -0.15) is 4.99 Å². The maximum atomic E-state index is 13.2. The van der Waals surface area contributed by atoms with Gasteiger partial charge in [0.05, 0.1) is 17.3 Å². The number of anilines is 2. The van der Waals surface area contributed by atoms with E-state index in [-0.39, 0.29) is 11.7 Å². The number of ether oxygens (including phenoxy) is 1. The molecule has 4 aromatic rings. The lowest BCUT2D eigenvalue weighted by molar-refractivity contribution is -0.144. The summed E-state index contributed by atoms with van der Waals surface area (Å²) >= 11 is 1.32. The van der Waals surface area contributed by atoms with Crippen molar-refractivity contribution in [2.45, 2.75) is 26.3 Å². The van der Waals surface area contributed by atoms with Crippen LogP contribution in [0.2, 0.25) is 0 Å². The summed E-state index contributed by atoms with van der Waals surface area (Å²) in [6.45, 7) is 3.83. The van der Waals surface area contributed by atoms with Gasteiger partial charge in [0.15, 0.2) is 4.80 Å². The second-order valence-electron chi connectivity index (χ2n) is 7.80. The van der Waals surface area contributed by atoms with Crippen LogP contribution in [0.4, 0.5) is 15.8 Å². The van der Waals surface area contributed by atoms with Crippen molar-refractivity contribution in [3.63, 3.8) is 0 Å². The molecule has 3 aromatic carbocycles. The lowest BCUT2D eigenvalue weighted by Crippen LogP contribution is -2.28. The fourth-order valence-corrected chi connectivity index (χ4v) is 4.75. The Labute approximate surface area is 200 Å². The number of aromatic nitrogens is 1. The zero-order valence-corrected chi connectivity index (χ0v) is 19.9. The average molecular weight is 478 g/mol. The smallest absolute Gasteiger partial charge is 0.328 e. The molecule has 34 heavy (non-hydrogen) atoms. The van der Waals surface area contributed by atoms with Gasteiger partial charge >= 0.3 is 5.97 Å². The van der Waals surface area contributed by atoms with E-state index in [4.69, 9.17) is 4.74 Å². The van der Waals surface area contributed by atoms with E-state index in [0.29, 0.717) is 16.8 Å². The highest BCUT2D eigenvalue weighted by atomic mass is 32.1. The molecule has 0 radical (unpaired) electrons. The number of carbonyl (C=O) groups excluding carboxylic acids is 2. The Balaban J connectivity index is 1.82. The topological polar surface area (TPSA) is 72.7 Å². The zero-order valence-electron chi connectivity index (χ0n) is 19.0. The third kappa shape index (κ3) is 4.92. The molecule has 8 heteroatoms. The molecule has 1 N–H and O–H groups in total. The lowest BCUT2D eigenvalue weighted by atomic mass is 10.1. The first-order chi connectivity index (χ1) is 16.4. The van der Waals surface area contributed by atoms with Crippen LogP contribution in [0.1, 0.15) is 35.3 Å². The largest absolute Gasteiger partial charge is 0.467 e. The minimum atomic E-state index is -0.626. The summed E-state index contributed by atoms with van der Waals surface area (Å²) in [4.78, 5) is 30.3. The van der Waals surface area contributed by atoms with Crippen LogP contribution in [0.25, 0.3) is 10.2 Å². The predicted molar refractivity (Wildman–Crippen MR) is 132 cm³/mol. The highest BCUT2D eigenvalue weighted by Gasteiger charge is 2.23. The number of hydrogen-bond donors (Lipinski definition) is 1. The van der Waals surface area contributed by atoms with E-state index < -0.39 is 12.0 Å². The number of rotatable bonds is 6. The Kier molecular flexibility index (Phi) is 6.88. The van der Waals surface area contributed by atoms with Gasteiger partial charge in [-0.15, -0.1) is 0 Å². The van der Waals surface area contributed by atoms with Crippen molar-refractivity contribution in [2.75, 3.05) is 12.4 Å². The van der Waals surface area contributed by atoms with Gasteiger partial charge in [-0.1, -0.05) is 36.0 Å². The highest BCUT2D eigenvalue weighted by molar-refractivity contribution is 7.16. The third-order valence-corrected chi connectivity index (χ3v) is 6.44. The Morgan fingerprint density at radius 2 is 1.74 bits per heavy atom. The fourth-order valence-electron chi connectivity index (χ4n) is 3.64. The van der Waals surface area contributed by atoms with Gasteiger partial charge in [0.2, 0.25) is 0 Å². The van der Waals surface area contributed by atoms with E-state index in [2.05, 4.69) is 10.3 Å². The number of nitrogens with one attached hydrogen (secondary N) is 1. The van der Waals surface area contributed by atoms with Crippen LogP contribution < -0.4 is 10.1 Å². The molecular weight excluding hydrogens is 453 g/mol. The van der Waals surface area contributed by atoms with Gasteiger partial charge in [-0.05, 0) is 67.9 Å². The molecule has 1 atom stereocenters. The summed E-state index contributed by atoms with van der Waals surface area (Å²) in [6.07, 6.45) is 0.472. The third-order valence-electron chi connectivity index (χ3n) is 5.43. The molecule has 0 aliphatic carbocycles. The second-order valence-corrected chi connectivity index (χ2v) is 8.81. The molecule has 0 spiro atoms. The van der Waals surface area contributed by atoms with Gasteiger partial charge < -0.3 is 14.6 Å². The Morgan fingerprint density at radius 1 is 1.06 bits per heavy atom. The van der Waals surface area contributed by atoms with Crippen LogP contribution in [0.3, 0.4) is 0 Å². The van der Waals surface area contributed by atoms with Gasteiger partial charge in [0.25, 0.3) is 5.91 Å². The molecule has 0 bridgehead atoms. The first-order valence-corrected chi connectivity index (χ1v) is 11.6. The van der Waals surface area contributed by atoms with Crippen LogP contribution in [-0.4, -0.2) is 23.6 Å². The summed E-state index contributed by atoms with van der Waals surface area (Å²) in [5, 5.41) is 3.24. The average Bonchev–Trinajstić information content (AvgIpc) is 3.18. The number of hydrogen-bond acceptors (Lipinski definition) is 5. The molecule has 0 aliphatic heterocycles. The van der Waals surface area contributed by atoms with Crippen molar-refractivity contribution >= 4 is 44.8 Å². The predicted octanol–water partition coefficient (Wildman–Crippen LogP) is 5.76. The molecule has 6 nitrogen and oxygen atoms in total. The summed E-state index contributed by atoms with van der Waals surface area (Å²) in [7, 11) is 1.35. The van der Waals surface area contributed by atoms with Crippen molar-refractivity contribution in [2.24, 2.45) is 4.99 Å². The first kappa shape index (κ1) is 23.4. The Hall–Kier alpha value is -3.78. The van der Waals surface area contributed by atoms with Gasteiger partial charge in [-0.3, -0.25) is 4.79 Å². The number of esters is 1. The standard InChI is InChI=1S/C26H24FN3O3S/c1-4-21(25(32)33-3)30-22-14-13-20(28-19-11-9-18(27)10-12-19)15-23(22)34-26(30)29-24(31)17-7-5-16(2)6-8-17/h5-15,21,28H,4H2,1-3H3. The molecule has 1 aromatic heterocycles. The van der Waals surface area contributed by atoms with Crippen molar-refractivity contribution in [3.8, 4) is 0 Å². The number of methoxy groups -OCH3 is 1. The lowest BCUT2D eigenvalue weighted by Gasteiger charge is -2.16. The van der Waals surface area contributed by atoms with Crippen molar-refractivity contribution in [3.05, 3.63) is 88.5 Å². The van der Waals surface area contributed by atoms with E-state index in [1.54, 1.807) is 28.8 Å². The minimum Gasteiger partial charge on any atom is -0.467 e. The summed E-state index contributed by atoms with van der Waals surface area (Å²) in [5.41, 5.74) is 3.81. The Morgan fingerprint density at radius 3 is 2.38 bits per heavy atom. The zero-order chi connectivity index (χ0) is 24.2. The van der Waals surface area contributed by atoms with Crippen LogP contribution in [0, 0.1) is 12.7 Å². The van der Waals surface area contributed by atoms with E-state index >= 15 is 0 Å². The molecule has 0 fully saturated rings. The molecule has 0 saturated carbocycles. The molecule has 1 heterocycles. The fraction of sp³-hybridized carbons (Fsp3) is 0.192. The number of thiazole rings is 1. The molecule has 1 amide bonds. The Bertz CT molecular complexity index is 1410. The van der Waals surface area contributed by atoms with Crippen LogP contribution >= 0.6 is 11.3 Å². The maximum Gasteiger partial charge on any atom is 0.328 e. The highest BCUT2D eigenvalue weighted by Crippen LogP contribution is 2.28. The second kappa shape index (κ2) is 10.0. The van der Waals surface area contributed by atoms with Crippen molar-refractivity contribution < 1.29 is 18.7 Å². The number of amides is 1. The summed E-state index contributed by atoms with van der Waals surface area (Å²) < 4.78 is 20.8. The molecule has 4 rings (SSSR count). The van der Waals surface area contributed by atoms with E-state index in [1.165, 1.54) is 30.6 Å².